The van der Waals surface area contributed by atoms with E-state index in [9.17, 15) is 9.90 Å². The van der Waals surface area contributed by atoms with Crippen molar-refractivity contribution >= 4 is 6.09 Å². The van der Waals surface area contributed by atoms with E-state index in [1.54, 1.807) is 0 Å². The van der Waals surface area contributed by atoms with Crippen LogP contribution in [0.25, 0.3) is 0 Å². The number of nitrogens with zero attached hydrogens (tertiary/aromatic N) is 1. The van der Waals surface area contributed by atoms with Gasteiger partial charge in [0.05, 0.1) is 25.4 Å². The van der Waals surface area contributed by atoms with Crippen molar-refractivity contribution in [3.05, 3.63) is 71.8 Å². The maximum atomic E-state index is 12.1. The lowest BCUT2D eigenvalue weighted by Crippen LogP contribution is -2.64. The Morgan fingerprint density at radius 3 is 2.44 bits per heavy atom. The Hall–Kier alpha value is -2.41. The number of hydrogen-bond acceptors (Lipinski definition) is 5. The first-order valence-electron chi connectivity index (χ1n) is 9.14. The molecule has 0 saturated carbocycles. The third kappa shape index (κ3) is 5.29. The minimum Gasteiger partial charge on any atom is -0.445 e. The summed E-state index contributed by atoms with van der Waals surface area (Å²) in [5.41, 5.74) is 1.42. The monoisotopic (exact) mass is 370 g/mol. The molecule has 0 spiro atoms. The fraction of sp³-hybridized carbons (Fsp3) is 0.381. The lowest BCUT2D eigenvalue weighted by molar-refractivity contribution is -0.0938. The molecule has 0 radical (unpaired) electrons. The van der Waals surface area contributed by atoms with E-state index in [1.165, 1.54) is 0 Å². The van der Waals surface area contributed by atoms with Gasteiger partial charge < -0.3 is 19.9 Å². The molecule has 1 heterocycles. The summed E-state index contributed by atoms with van der Waals surface area (Å²) in [6.07, 6.45) is -0.503. The zero-order valence-electron chi connectivity index (χ0n) is 15.3. The molecule has 6 heteroatoms. The molecule has 1 aliphatic heterocycles. The number of aliphatic hydroxyl groups is 1. The number of carbonyl (C=O) groups is 1. The highest BCUT2D eigenvalue weighted by Crippen LogP contribution is 2.22. The van der Waals surface area contributed by atoms with Gasteiger partial charge in [-0.2, -0.15) is 0 Å². The maximum absolute atomic E-state index is 12.1. The highest BCUT2D eigenvalue weighted by molar-refractivity contribution is 5.67. The van der Waals surface area contributed by atoms with Crippen molar-refractivity contribution in [1.29, 1.82) is 0 Å². The zero-order valence-corrected chi connectivity index (χ0v) is 15.3. The molecule has 1 saturated heterocycles. The highest BCUT2D eigenvalue weighted by Gasteiger charge is 2.39. The van der Waals surface area contributed by atoms with E-state index >= 15 is 0 Å². The molecule has 1 aliphatic rings. The second-order valence-electron chi connectivity index (χ2n) is 6.76. The molecular weight excluding hydrogens is 344 g/mol. The van der Waals surface area contributed by atoms with Crippen LogP contribution in [0.2, 0.25) is 0 Å². The van der Waals surface area contributed by atoms with Crippen LogP contribution in [0.1, 0.15) is 11.1 Å². The van der Waals surface area contributed by atoms with E-state index in [0.29, 0.717) is 26.3 Å². The minimum absolute atomic E-state index is 0.112. The van der Waals surface area contributed by atoms with Crippen LogP contribution in [0.4, 0.5) is 4.79 Å². The van der Waals surface area contributed by atoms with Crippen LogP contribution < -0.4 is 5.32 Å². The minimum atomic E-state index is -0.667. The second-order valence-corrected chi connectivity index (χ2v) is 6.76. The number of hydrogen-bond donors (Lipinski definition) is 2. The summed E-state index contributed by atoms with van der Waals surface area (Å²) >= 11 is 0. The zero-order chi connectivity index (χ0) is 19.0. The Kier molecular flexibility index (Phi) is 6.81. The van der Waals surface area contributed by atoms with Crippen LogP contribution in [-0.4, -0.2) is 54.5 Å². The second kappa shape index (κ2) is 9.50. The number of rotatable bonds is 7. The summed E-state index contributed by atoms with van der Waals surface area (Å²) in [7, 11) is 0. The third-order valence-electron chi connectivity index (χ3n) is 4.83. The Morgan fingerprint density at radius 2 is 1.78 bits per heavy atom. The molecule has 1 unspecified atom stereocenters. The lowest BCUT2D eigenvalue weighted by Gasteiger charge is -2.45. The molecule has 1 amide bonds. The summed E-state index contributed by atoms with van der Waals surface area (Å²) in [5.74, 6) is 0. The Morgan fingerprint density at radius 1 is 1.11 bits per heavy atom. The van der Waals surface area contributed by atoms with Gasteiger partial charge in [-0.15, -0.1) is 0 Å². The van der Waals surface area contributed by atoms with Crippen LogP contribution in [0.3, 0.4) is 0 Å². The number of ether oxygens (including phenoxy) is 2. The number of aliphatic hydroxyl groups excluding tert-OH is 1. The Bertz CT molecular complexity index is 711. The molecular formula is C21H26N2O4. The summed E-state index contributed by atoms with van der Waals surface area (Å²) < 4.78 is 10.9. The van der Waals surface area contributed by atoms with Crippen LogP contribution in [-0.2, 0) is 22.6 Å². The first-order chi connectivity index (χ1) is 13.2. The van der Waals surface area contributed by atoms with E-state index in [0.717, 1.165) is 11.1 Å². The first kappa shape index (κ1) is 19.4. The SMILES string of the molecule is O=C(NCC1(CO)COCCN1Cc1ccccc1)OCc1ccccc1. The largest absolute Gasteiger partial charge is 0.445 e. The number of alkyl carbamates (subject to hydrolysis) is 1. The maximum Gasteiger partial charge on any atom is 0.407 e. The average molecular weight is 370 g/mol. The molecule has 2 N–H and O–H groups in total. The van der Waals surface area contributed by atoms with E-state index < -0.39 is 11.6 Å². The Labute approximate surface area is 159 Å². The molecule has 27 heavy (non-hydrogen) atoms. The highest BCUT2D eigenvalue weighted by atomic mass is 16.5. The standard InChI is InChI=1S/C21H26N2O4/c24-16-21(15-22-20(25)27-14-19-9-5-2-6-10-19)17-26-12-11-23(21)13-18-7-3-1-4-8-18/h1-10,24H,11-17H2,(H,22,25). The molecule has 1 fully saturated rings. The number of morpholine rings is 1. The Balaban J connectivity index is 1.57. The van der Waals surface area contributed by atoms with Crippen molar-refractivity contribution in [2.24, 2.45) is 0 Å². The topological polar surface area (TPSA) is 71.0 Å². The molecule has 2 aromatic rings. The van der Waals surface area contributed by atoms with Crippen molar-refractivity contribution in [2.75, 3.05) is 32.9 Å². The predicted octanol–water partition coefficient (Wildman–Crippen LogP) is 2.18. The summed E-state index contributed by atoms with van der Waals surface area (Å²) in [6, 6.07) is 19.6. The van der Waals surface area contributed by atoms with Gasteiger partial charge in [0.15, 0.2) is 0 Å². The summed E-state index contributed by atoms with van der Waals surface area (Å²) in [6.45, 7) is 2.69. The lowest BCUT2D eigenvalue weighted by atomic mass is 9.96. The van der Waals surface area contributed by atoms with Gasteiger partial charge in [-0.25, -0.2) is 4.79 Å². The van der Waals surface area contributed by atoms with Gasteiger partial charge >= 0.3 is 6.09 Å². The van der Waals surface area contributed by atoms with Crippen molar-refractivity contribution in [2.45, 2.75) is 18.7 Å². The molecule has 6 nitrogen and oxygen atoms in total. The first-order valence-corrected chi connectivity index (χ1v) is 9.14. The number of benzene rings is 2. The third-order valence-corrected chi connectivity index (χ3v) is 4.83. The average Bonchev–Trinajstić information content (AvgIpc) is 2.73. The van der Waals surface area contributed by atoms with Crippen molar-refractivity contribution in [1.82, 2.24) is 10.2 Å². The van der Waals surface area contributed by atoms with E-state index in [-0.39, 0.29) is 19.8 Å². The van der Waals surface area contributed by atoms with Crippen molar-refractivity contribution in [3.63, 3.8) is 0 Å². The summed E-state index contributed by atoms with van der Waals surface area (Å²) in [4.78, 5) is 14.3. The quantitative estimate of drug-likeness (QED) is 0.782. The van der Waals surface area contributed by atoms with Crippen molar-refractivity contribution in [3.8, 4) is 0 Å². The smallest absolute Gasteiger partial charge is 0.407 e. The van der Waals surface area contributed by atoms with Crippen LogP contribution in [0, 0.1) is 0 Å². The van der Waals surface area contributed by atoms with Gasteiger partial charge in [-0.3, -0.25) is 4.90 Å². The molecule has 1 atom stereocenters. The number of amides is 1. The molecule has 144 valence electrons. The van der Waals surface area contributed by atoms with Crippen LogP contribution in [0.5, 0.6) is 0 Å². The van der Waals surface area contributed by atoms with Gasteiger partial charge in [-0.1, -0.05) is 60.7 Å². The van der Waals surface area contributed by atoms with Gasteiger partial charge in [0.2, 0.25) is 0 Å². The van der Waals surface area contributed by atoms with Gasteiger partial charge in [0.25, 0.3) is 0 Å². The van der Waals surface area contributed by atoms with E-state index in [4.69, 9.17) is 9.47 Å². The van der Waals surface area contributed by atoms with Crippen molar-refractivity contribution < 1.29 is 19.4 Å². The number of carbonyl (C=O) groups excluding carboxylic acids is 1. The molecule has 0 aliphatic carbocycles. The molecule has 0 bridgehead atoms. The predicted molar refractivity (Wildman–Crippen MR) is 102 cm³/mol. The normalized spacial score (nSPS) is 20.2. The van der Waals surface area contributed by atoms with Gasteiger partial charge in [0, 0.05) is 19.6 Å². The van der Waals surface area contributed by atoms with E-state index in [1.807, 2.05) is 48.5 Å². The molecule has 3 rings (SSSR count). The number of nitrogens with one attached hydrogen (secondary N) is 1. The van der Waals surface area contributed by atoms with Gasteiger partial charge in [-0.05, 0) is 11.1 Å². The van der Waals surface area contributed by atoms with E-state index in [2.05, 4.69) is 22.3 Å². The van der Waals surface area contributed by atoms with Gasteiger partial charge in [0.1, 0.15) is 6.61 Å². The molecule has 0 aromatic heterocycles. The fourth-order valence-corrected chi connectivity index (χ4v) is 3.19. The summed E-state index contributed by atoms with van der Waals surface area (Å²) in [5, 5.41) is 12.9. The fourth-order valence-electron chi connectivity index (χ4n) is 3.19. The van der Waals surface area contributed by atoms with Crippen LogP contribution >= 0.6 is 0 Å². The molecule has 2 aromatic carbocycles. The van der Waals surface area contributed by atoms with Crippen LogP contribution in [0.15, 0.2) is 60.7 Å².